The number of amides is 1. The maximum absolute atomic E-state index is 11.8. The summed E-state index contributed by atoms with van der Waals surface area (Å²) in [6.45, 7) is 6.62. The summed E-state index contributed by atoms with van der Waals surface area (Å²) >= 11 is 7.01. The Bertz CT molecular complexity index is 412. The fourth-order valence-electron chi connectivity index (χ4n) is 1.52. The number of hydrogen-bond acceptors (Lipinski definition) is 2. The number of rotatable bonds is 5. The minimum Gasteiger partial charge on any atom is -0.372 e. The number of halogens is 2. The Morgan fingerprint density at radius 1 is 1.33 bits per heavy atom. The Balaban J connectivity index is 2.75. The molecule has 0 aliphatic rings. The van der Waals surface area contributed by atoms with Crippen molar-refractivity contribution in [3.05, 3.63) is 26.6 Å². The van der Waals surface area contributed by atoms with Crippen LogP contribution >= 0.6 is 31.9 Å². The summed E-state index contributed by atoms with van der Waals surface area (Å²) in [6.07, 6.45) is 0.941. The summed E-state index contributed by atoms with van der Waals surface area (Å²) < 4.78 is 1.90. The lowest BCUT2D eigenvalue weighted by atomic mass is 10.2. The lowest BCUT2D eigenvalue weighted by molar-refractivity contribution is -0.121. The first-order valence-corrected chi connectivity index (χ1v) is 7.54. The van der Waals surface area contributed by atoms with Gasteiger partial charge in [0, 0.05) is 15.5 Å². The monoisotopic (exact) mass is 376 g/mol. The fraction of sp³-hybridized carbons (Fsp3) is 0.462. The molecule has 0 spiro atoms. The van der Waals surface area contributed by atoms with Crippen LogP contribution in [0.15, 0.2) is 21.1 Å². The van der Waals surface area contributed by atoms with Crippen LogP contribution in [0.25, 0.3) is 0 Å². The molecule has 1 aromatic rings. The summed E-state index contributed by atoms with van der Waals surface area (Å²) in [7, 11) is 0. The number of nitrogens with one attached hydrogen (secondary N) is 2. The van der Waals surface area contributed by atoms with Gasteiger partial charge in [-0.1, -0.05) is 6.92 Å². The lowest BCUT2D eigenvalue weighted by Gasteiger charge is -2.17. The van der Waals surface area contributed by atoms with Gasteiger partial charge in [-0.3, -0.25) is 4.79 Å². The number of anilines is 1. The highest BCUT2D eigenvalue weighted by molar-refractivity contribution is 9.11. The molecule has 0 radical (unpaired) electrons. The summed E-state index contributed by atoms with van der Waals surface area (Å²) in [6, 6.07) is 3.76. The van der Waals surface area contributed by atoms with Crippen molar-refractivity contribution in [2.24, 2.45) is 0 Å². The second-order valence-corrected chi connectivity index (χ2v) is 5.97. The van der Waals surface area contributed by atoms with Crippen LogP contribution in [0.3, 0.4) is 0 Å². The third kappa shape index (κ3) is 4.28. The van der Waals surface area contributed by atoms with Gasteiger partial charge in [0.2, 0.25) is 5.91 Å². The molecule has 0 bridgehead atoms. The minimum absolute atomic E-state index is 0.0104. The molecule has 1 aromatic carbocycles. The Hall–Kier alpha value is -0.550. The van der Waals surface area contributed by atoms with E-state index < -0.39 is 0 Å². The predicted molar refractivity (Wildman–Crippen MR) is 83.0 cm³/mol. The molecule has 2 N–H and O–H groups in total. The van der Waals surface area contributed by atoms with Gasteiger partial charge in [0.25, 0.3) is 0 Å². The fourth-order valence-corrected chi connectivity index (χ4v) is 3.17. The molecule has 0 saturated heterocycles. The van der Waals surface area contributed by atoms with E-state index in [1.807, 2.05) is 32.9 Å². The third-order valence-electron chi connectivity index (χ3n) is 2.49. The molecule has 1 rings (SSSR count). The number of carbonyl (C=O) groups is 1. The van der Waals surface area contributed by atoms with E-state index in [4.69, 9.17) is 0 Å². The van der Waals surface area contributed by atoms with Gasteiger partial charge in [-0.2, -0.15) is 0 Å². The first-order valence-electron chi connectivity index (χ1n) is 5.95. The molecule has 0 aromatic heterocycles. The quantitative estimate of drug-likeness (QED) is 0.818. The molecule has 5 heteroatoms. The molecule has 0 aliphatic heterocycles. The number of hydrogen-bond donors (Lipinski definition) is 2. The van der Waals surface area contributed by atoms with E-state index in [2.05, 4.69) is 42.5 Å². The predicted octanol–water partition coefficient (Wildman–Crippen LogP) is 3.85. The highest BCUT2D eigenvalue weighted by Gasteiger charge is 2.15. The second kappa shape index (κ2) is 7.14. The largest absolute Gasteiger partial charge is 0.372 e. The van der Waals surface area contributed by atoms with Crippen molar-refractivity contribution < 1.29 is 4.79 Å². The molecule has 0 fully saturated rings. The lowest BCUT2D eigenvalue weighted by Crippen LogP contribution is -2.38. The standard InChI is InChI=1S/C13H18Br2N2O/c1-4-5-16-13(18)9(3)17-12-10(14)6-8(2)7-11(12)15/h6-7,9,17H,4-5H2,1-3H3,(H,16,18). The van der Waals surface area contributed by atoms with Crippen molar-refractivity contribution >= 4 is 43.5 Å². The zero-order valence-electron chi connectivity index (χ0n) is 10.8. The van der Waals surface area contributed by atoms with Gasteiger partial charge in [0.15, 0.2) is 0 Å². The van der Waals surface area contributed by atoms with E-state index >= 15 is 0 Å². The number of aryl methyl sites for hydroxylation is 1. The molecule has 18 heavy (non-hydrogen) atoms. The van der Waals surface area contributed by atoms with E-state index in [-0.39, 0.29) is 11.9 Å². The Morgan fingerprint density at radius 2 is 1.89 bits per heavy atom. The molecule has 3 nitrogen and oxygen atoms in total. The smallest absolute Gasteiger partial charge is 0.242 e. The molecular weight excluding hydrogens is 360 g/mol. The molecule has 0 saturated carbocycles. The summed E-state index contributed by atoms with van der Waals surface area (Å²) in [5, 5.41) is 6.08. The molecule has 0 aliphatic carbocycles. The maximum Gasteiger partial charge on any atom is 0.242 e. The van der Waals surface area contributed by atoms with Gasteiger partial charge in [0.1, 0.15) is 6.04 Å². The molecule has 1 atom stereocenters. The first-order chi connectivity index (χ1) is 8.45. The van der Waals surface area contributed by atoms with Gasteiger partial charge < -0.3 is 10.6 Å². The normalized spacial score (nSPS) is 12.1. The van der Waals surface area contributed by atoms with Crippen LogP contribution in [0.2, 0.25) is 0 Å². The molecule has 1 amide bonds. The van der Waals surface area contributed by atoms with Crippen molar-refractivity contribution in [2.75, 3.05) is 11.9 Å². The van der Waals surface area contributed by atoms with Crippen LogP contribution in [0.4, 0.5) is 5.69 Å². The van der Waals surface area contributed by atoms with Crippen molar-refractivity contribution in [3.63, 3.8) is 0 Å². The van der Waals surface area contributed by atoms with E-state index in [1.54, 1.807) is 0 Å². The number of carbonyl (C=O) groups excluding carboxylic acids is 1. The van der Waals surface area contributed by atoms with Gasteiger partial charge in [0.05, 0.1) is 5.69 Å². The maximum atomic E-state index is 11.8. The van der Waals surface area contributed by atoms with Crippen molar-refractivity contribution in [3.8, 4) is 0 Å². The van der Waals surface area contributed by atoms with Crippen LogP contribution in [0, 0.1) is 6.92 Å². The van der Waals surface area contributed by atoms with Gasteiger partial charge in [-0.05, 0) is 69.8 Å². The highest BCUT2D eigenvalue weighted by atomic mass is 79.9. The Morgan fingerprint density at radius 3 is 2.39 bits per heavy atom. The molecule has 0 heterocycles. The highest BCUT2D eigenvalue weighted by Crippen LogP contribution is 2.32. The molecule has 100 valence electrons. The van der Waals surface area contributed by atoms with Crippen molar-refractivity contribution in [1.29, 1.82) is 0 Å². The zero-order valence-corrected chi connectivity index (χ0v) is 14.0. The SMILES string of the molecule is CCCNC(=O)C(C)Nc1c(Br)cc(C)cc1Br. The minimum atomic E-state index is -0.271. The second-order valence-electron chi connectivity index (χ2n) is 4.26. The molecular formula is C13H18Br2N2O. The average molecular weight is 378 g/mol. The average Bonchev–Trinajstić information content (AvgIpc) is 2.30. The third-order valence-corrected chi connectivity index (χ3v) is 3.74. The van der Waals surface area contributed by atoms with Crippen LogP contribution < -0.4 is 10.6 Å². The van der Waals surface area contributed by atoms with E-state index in [0.717, 1.165) is 26.6 Å². The number of benzene rings is 1. The summed E-state index contributed by atoms with van der Waals surface area (Å²) in [5.74, 6) is 0.0104. The van der Waals surface area contributed by atoms with Crippen LogP contribution in [0.1, 0.15) is 25.8 Å². The molecule has 1 unspecified atom stereocenters. The van der Waals surface area contributed by atoms with Gasteiger partial charge in [-0.15, -0.1) is 0 Å². The van der Waals surface area contributed by atoms with Crippen molar-refractivity contribution in [2.45, 2.75) is 33.2 Å². The van der Waals surface area contributed by atoms with Crippen LogP contribution in [0.5, 0.6) is 0 Å². The zero-order chi connectivity index (χ0) is 13.7. The topological polar surface area (TPSA) is 41.1 Å². The first kappa shape index (κ1) is 15.5. The van der Waals surface area contributed by atoms with E-state index in [1.165, 1.54) is 0 Å². The van der Waals surface area contributed by atoms with Gasteiger partial charge >= 0.3 is 0 Å². The van der Waals surface area contributed by atoms with Crippen LogP contribution in [-0.2, 0) is 4.79 Å². The summed E-state index contributed by atoms with van der Waals surface area (Å²) in [4.78, 5) is 11.8. The van der Waals surface area contributed by atoms with Gasteiger partial charge in [-0.25, -0.2) is 0 Å². The van der Waals surface area contributed by atoms with E-state index in [9.17, 15) is 4.79 Å². The Kier molecular flexibility index (Phi) is 6.15. The van der Waals surface area contributed by atoms with Crippen molar-refractivity contribution in [1.82, 2.24) is 5.32 Å². The van der Waals surface area contributed by atoms with E-state index in [0.29, 0.717) is 6.54 Å². The van der Waals surface area contributed by atoms with Crippen LogP contribution in [-0.4, -0.2) is 18.5 Å². The Labute approximate surface area is 125 Å². The summed E-state index contributed by atoms with van der Waals surface area (Å²) in [5.41, 5.74) is 2.06.